The Labute approximate surface area is 86.7 Å². The van der Waals surface area contributed by atoms with Crippen LogP contribution in [0.3, 0.4) is 0 Å². The maximum absolute atomic E-state index is 11.4. The van der Waals surface area contributed by atoms with Gasteiger partial charge in [-0.05, 0) is 11.5 Å². The summed E-state index contributed by atoms with van der Waals surface area (Å²) in [7, 11) is 1.32. The third-order valence-corrected chi connectivity index (χ3v) is 2.14. The maximum Gasteiger partial charge on any atom is 0.357 e. The number of rotatable bonds is 1. The second kappa shape index (κ2) is 3.57. The van der Waals surface area contributed by atoms with E-state index in [1.807, 2.05) is 24.3 Å². The summed E-state index contributed by atoms with van der Waals surface area (Å²) in [4.78, 5) is 15.4. The first-order valence-electron chi connectivity index (χ1n) is 4.46. The van der Waals surface area contributed by atoms with Crippen molar-refractivity contribution in [2.24, 2.45) is 0 Å². The molecule has 0 aliphatic rings. The van der Waals surface area contributed by atoms with Crippen LogP contribution in [0.2, 0.25) is 0 Å². The highest BCUT2D eigenvalue weighted by Gasteiger charge is 2.12. The van der Waals surface area contributed by atoms with Crippen LogP contribution in [0.1, 0.15) is 10.5 Å². The highest BCUT2D eigenvalue weighted by molar-refractivity contribution is 6.03. The third-order valence-electron chi connectivity index (χ3n) is 2.14. The van der Waals surface area contributed by atoms with Crippen molar-refractivity contribution in [2.45, 2.75) is 0 Å². The molecule has 0 amide bonds. The smallest absolute Gasteiger partial charge is 0.357 e. The van der Waals surface area contributed by atoms with E-state index in [1.54, 1.807) is 6.07 Å². The molecule has 1 aromatic carbocycles. The van der Waals surface area contributed by atoms with Crippen LogP contribution in [-0.2, 0) is 4.74 Å². The molecule has 0 bridgehead atoms. The SMILES string of the molecule is COC(=O)c1nc(N)cc2ccccc12. The van der Waals surface area contributed by atoms with Crippen LogP contribution in [0.5, 0.6) is 0 Å². The van der Waals surface area contributed by atoms with Gasteiger partial charge < -0.3 is 10.5 Å². The number of nitrogens with two attached hydrogens (primary N) is 1. The largest absolute Gasteiger partial charge is 0.464 e. The van der Waals surface area contributed by atoms with Gasteiger partial charge in [-0.3, -0.25) is 0 Å². The quantitative estimate of drug-likeness (QED) is 0.713. The van der Waals surface area contributed by atoms with Gasteiger partial charge in [0, 0.05) is 5.39 Å². The molecule has 0 aliphatic carbocycles. The predicted molar refractivity (Wildman–Crippen MR) is 57.5 cm³/mol. The average molecular weight is 202 g/mol. The van der Waals surface area contributed by atoms with E-state index < -0.39 is 5.97 Å². The van der Waals surface area contributed by atoms with Crippen LogP contribution in [0.25, 0.3) is 10.8 Å². The summed E-state index contributed by atoms with van der Waals surface area (Å²) >= 11 is 0. The van der Waals surface area contributed by atoms with Crippen molar-refractivity contribution < 1.29 is 9.53 Å². The fourth-order valence-electron chi connectivity index (χ4n) is 1.47. The van der Waals surface area contributed by atoms with E-state index >= 15 is 0 Å². The summed E-state index contributed by atoms with van der Waals surface area (Å²) in [6.45, 7) is 0. The van der Waals surface area contributed by atoms with Gasteiger partial charge in [0.2, 0.25) is 0 Å². The van der Waals surface area contributed by atoms with E-state index in [2.05, 4.69) is 9.72 Å². The van der Waals surface area contributed by atoms with Crippen molar-refractivity contribution in [1.29, 1.82) is 0 Å². The average Bonchev–Trinajstić information content (AvgIpc) is 2.26. The molecule has 0 saturated carbocycles. The molecule has 15 heavy (non-hydrogen) atoms. The number of nitrogen functional groups attached to an aromatic ring is 1. The molecule has 1 aromatic heterocycles. The molecule has 0 fully saturated rings. The Morgan fingerprint density at radius 2 is 2.13 bits per heavy atom. The summed E-state index contributed by atoms with van der Waals surface area (Å²) in [6, 6.07) is 9.13. The Morgan fingerprint density at radius 1 is 1.40 bits per heavy atom. The van der Waals surface area contributed by atoms with Crippen LogP contribution in [0.4, 0.5) is 5.82 Å². The van der Waals surface area contributed by atoms with E-state index in [9.17, 15) is 4.79 Å². The lowest BCUT2D eigenvalue weighted by atomic mass is 10.1. The normalized spacial score (nSPS) is 10.2. The van der Waals surface area contributed by atoms with Gasteiger partial charge in [0.1, 0.15) is 5.82 Å². The Hall–Kier alpha value is -2.10. The van der Waals surface area contributed by atoms with Gasteiger partial charge in [-0.1, -0.05) is 24.3 Å². The molecule has 1 heterocycles. The van der Waals surface area contributed by atoms with Crippen LogP contribution in [0.15, 0.2) is 30.3 Å². The monoisotopic (exact) mass is 202 g/mol. The molecule has 0 saturated heterocycles. The standard InChI is InChI=1S/C11H10N2O2/c1-15-11(14)10-8-5-3-2-4-7(8)6-9(12)13-10/h2-6H,1H3,(H2,12,13). The van der Waals surface area contributed by atoms with E-state index in [0.717, 1.165) is 10.8 Å². The summed E-state index contributed by atoms with van der Waals surface area (Å²) in [5.74, 6) is -0.160. The molecule has 76 valence electrons. The number of hydrogen-bond donors (Lipinski definition) is 1. The molecule has 2 N–H and O–H groups in total. The molecule has 4 heteroatoms. The molecule has 0 atom stereocenters. The number of carbonyl (C=O) groups is 1. The summed E-state index contributed by atoms with van der Waals surface area (Å²) < 4.78 is 4.64. The Bertz CT molecular complexity index is 523. The van der Waals surface area contributed by atoms with Gasteiger partial charge in [0.05, 0.1) is 7.11 Å². The zero-order valence-corrected chi connectivity index (χ0v) is 8.23. The van der Waals surface area contributed by atoms with E-state index in [-0.39, 0.29) is 5.69 Å². The van der Waals surface area contributed by atoms with Crippen molar-refractivity contribution in [3.8, 4) is 0 Å². The van der Waals surface area contributed by atoms with Gasteiger partial charge >= 0.3 is 5.97 Å². The lowest BCUT2D eigenvalue weighted by molar-refractivity contribution is 0.0596. The number of benzene rings is 1. The zero-order valence-electron chi connectivity index (χ0n) is 8.23. The Morgan fingerprint density at radius 3 is 2.87 bits per heavy atom. The number of fused-ring (bicyclic) bond motifs is 1. The topological polar surface area (TPSA) is 65.2 Å². The molecule has 2 aromatic rings. The molecular formula is C11H10N2O2. The molecule has 0 aliphatic heterocycles. The summed E-state index contributed by atoms with van der Waals surface area (Å²) in [6.07, 6.45) is 0. The second-order valence-electron chi connectivity index (χ2n) is 3.11. The van der Waals surface area contributed by atoms with E-state index in [4.69, 9.17) is 5.73 Å². The highest BCUT2D eigenvalue weighted by atomic mass is 16.5. The Kier molecular flexibility index (Phi) is 2.25. The number of hydrogen-bond acceptors (Lipinski definition) is 4. The minimum Gasteiger partial charge on any atom is -0.464 e. The number of anilines is 1. The number of esters is 1. The molecule has 4 nitrogen and oxygen atoms in total. The van der Waals surface area contributed by atoms with Crippen molar-refractivity contribution in [2.75, 3.05) is 12.8 Å². The van der Waals surface area contributed by atoms with Crippen molar-refractivity contribution in [3.05, 3.63) is 36.0 Å². The van der Waals surface area contributed by atoms with Gasteiger partial charge in [0.25, 0.3) is 0 Å². The number of pyridine rings is 1. The zero-order chi connectivity index (χ0) is 10.8. The highest BCUT2D eigenvalue weighted by Crippen LogP contribution is 2.19. The lowest BCUT2D eigenvalue weighted by Gasteiger charge is -2.04. The number of aromatic nitrogens is 1. The van der Waals surface area contributed by atoms with Crippen LogP contribution in [-0.4, -0.2) is 18.1 Å². The number of ether oxygens (including phenoxy) is 1. The summed E-state index contributed by atoms with van der Waals surface area (Å²) in [5.41, 5.74) is 5.86. The van der Waals surface area contributed by atoms with Gasteiger partial charge in [-0.15, -0.1) is 0 Å². The fraction of sp³-hybridized carbons (Fsp3) is 0.0909. The van der Waals surface area contributed by atoms with Crippen LogP contribution >= 0.6 is 0 Å². The van der Waals surface area contributed by atoms with Crippen molar-refractivity contribution in [1.82, 2.24) is 4.98 Å². The van der Waals surface area contributed by atoms with Gasteiger partial charge in [-0.2, -0.15) is 0 Å². The third kappa shape index (κ3) is 1.61. The number of carbonyl (C=O) groups excluding carboxylic acids is 1. The maximum atomic E-state index is 11.4. The minimum absolute atomic E-state index is 0.258. The predicted octanol–water partition coefficient (Wildman–Crippen LogP) is 1.60. The van der Waals surface area contributed by atoms with Gasteiger partial charge in [-0.25, -0.2) is 9.78 Å². The number of methoxy groups -OCH3 is 1. The fourth-order valence-corrected chi connectivity index (χ4v) is 1.47. The van der Waals surface area contributed by atoms with Crippen molar-refractivity contribution in [3.63, 3.8) is 0 Å². The summed E-state index contributed by atoms with van der Waals surface area (Å²) in [5, 5.41) is 1.63. The van der Waals surface area contributed by atoms with E-state index in [1.165, 1.54) is 7.11 Å². The van der Waals surface area contributed by atoms with Gasteiger partial charge in [0.15, 0.2) is 5.69 Å². The molecule has 2 rings (SSSR count). The lowest BCUT2D eigenvalue weighted by Crippen LogP contribution is -2.07. The molecule has 0 unspecified atom stereocenters. The first kappa shape index (κ1) is 9.45. The molecule has 0 spiro atoms. The van der Waals surface area contributed by atoms with E-state index in [0.29, 0.717) is 5.82 Å². The van der Waals surface area contributed by atoms with Crippen LogP contribution in [0, 0.1) is 0 Å². The molecule has 0 radical (unpaired) electrons. The first-order chi connectivity index (χ1) is 7.22. The van der Waals surface area contributed by atoms with Crippen LogP contribution < -0.4 is 5.73 Å². The minimum atomic E-state index is -0.474. The molecular weight excluding hydrogens is 192 g/mol. The second-order valence-corrected chi connectivity index (χ2v) is 3.11. The number of nitrogens with zero attached hydrogens (tertiary/aromatic N) is 1. The van der Waals surface area contributed by atoms with Crippen molar-refractivity contribution >= 4 is 22.6 Å². The Balaban J connectivity index is 2.76. The first-order valence-corrected chi connectivity index (χ1v) is 4.46.